The van der Waals surface area contributed by atoms with Crippen LogP contribution in [-0.2, 0) is 22.9 Å². The van der Waals surface area contributed by atoms with E-state index in [1.54, 1.807) is 31.4 Å². The summed E-state index contributed by atoms with van der Waals surface area (Å²) in [5.74, 6) is 0.881. The predicted molar refractivity (Wildman–Crippen MR) is 94.0 cm³/mol. The Morgan fingerprint density at radius 1 is 1.08 bits per heavy atom. The molecular formula is C18H20N2O3S. The van der Waals surface area contributed by atoms with Crippen LogP contribution in [0.4, 0.5) is 0 Å². The highest BCUT2D eigenvalue weighted by atomic mass is 32.2. The lowest BCUT2D eigenvalue weighted by Gasteiger charge is -2.20. The smallest absolute Gasteiger partial charge is 0.276 e. The Morgan fingerprint density at radius 2 is 1.83 bits per heavy atom. The number of hydrogen-bond donors (Lipinski definition) is 1. The Bertz CT molecular complexity index is 872. The molecule has 0 atom stereocenters. The van der Waals surface area contributed by atoms with E-state index in [2.05, 4.69) is 9.93 Å². The van der Waals surface area contributed by atoms with Crippen molar-refractivity contribution in [3.8, 4) is 5.75 Å². The Labute approximate surface area is 142 Å². The lowest BCUT2D eigenvalue weighted by atomic mass is 9.90. The highest BCUT2D eigenvalue weighted by Crippen LogP contribution is 2.28. The molecule has 0 aromatic heterocycles. The first-order valence-electron chi connectivity index (χ1n) is 7.78. The molecule has 1 aliphatic carbocycles. The van der Waals surface area contributed by atoms with Crippen LogP contribution in [0.5, 0.6) is 5.75 Å². The number of hydrogen-bond acceptors (Lipinski definition) is 4. The van der Waals surface area contributed by atoms with Gasteiger partial charge in [0, 0.05) is 12.1 Å². The number of benzene rings is 2. The summed E-state index contributed by atoms with van der Waals surface area (Å²) >= 11 is 0. The standard InChI is InChI=1S/C18H20N2O3S/c1-13-6-9-16(10-7-13)24(21,22)20-19-15-8-11-17-14(12-15)4-3-5-18(17)23-2/h3-7,9-10,20H,8,11-12H2,1-2H3/b19-15-. The van der Waals surface area contributed by atoms with Crippen molar-refractivity contribution in [3.05, 3.63) is 59.2 Å². The summed E-state index contributed by atoms with van der Waals surface area (Å²) in [6.07, 6.45) is 2.14. The van der Waals surface area contributed by atoms with Gasteiger partial charge >= 0.3 is 0 Å². The lowest BCUT2D eigenvalue weighted by Crippen LogP contribution is -2.23. The van der Waals surface area contributed by atoms with E-state index in [4.69, 9.17) is 4.74 Å². The maximum Gasteiger partial charge on any atom is 0.276 e. The van der Waals surface area contributed by atoms with Gasteiger partial charge < -0.3 is 4.74 Å². The third-order valence-corrected chi connectivity index (χ3v) is 5.39. The lowest BCUT2D eigenvalue weighted by molar-refractivity contribution is 0.408. The number of hydrazone groups is 1. The number of aryl methyl sites for hydroxylation is 1. The van der Waals surface area contributed by atoms with E-state index in [1.165, 1.54) is 5.56 Å². The van der Waals surface area contributed by atoms with Gasteiger partial charge in [0.25, 0.3) is 10.0 Å². The van der Waals surface area contributed by atoms with Crippen LogP contribution >= 0.6 is 0 Å². The molecular weight excluding hydrogens is 324 g/mol. The minimum Gasteiger partial charge on any atom is -0.496 e. The molecule has 0 radical (unpaired) electrons. The van der Waals surface area contributed by atoms with Crippen LogP contribution in [0, 0.1) is 6.92 Å². The number of sulfonamides is 1. The number of rotatable bonds is 4. The molecule has 0 amide bonds. The van der Waals surface area contributed by atoms with Crippen LogP contribution in [0.15, 0.2) is 52.5 Å². The van der Waals surface area contributed by atoms with Crippen molar-refractivity contribution in [2.75, 3.05) is 7.11 Å². The number of nitrogens with zero attached hydrogens (tertiary/aromatic N) is 1. The molecule has 0 unspecified atom stereocenters. The first kappa shape index (κ1) is 16.5. The summed E-state index contributed by atoms with van der Waals surface area (Å²) in [4.78, 5) is 2.57. The molecule has 5 nitrogen and oxygen atoms in total. The summed E-state index contributed by atoms with van der Waals surface area (Å²) in [6, 6.07) is 12.6. The van der Waals surface area contributed by atoms with Crippen LogP contribution < -0.4 is 9.57 Å². The summed E-state index contributed by atoms with van der Waals surface area (Å²) in [5, 5.41) is 4.15. The van der Waals surface area contributed by atoms with Gasteiger partial charge in [0.2, 0.25) is 0 Å². The van der Waals surface area contributed by atoms with E-state index < -0.39 is 10.0 Å². The Morgan fingerprint density at radius 3 is 2.54 bits per heavy atom. The van der Waals surface area contributed by atoms with E-state index >= 15 is 0 Å². The third kappa shape index (κ3) is 3.43. The van der Waals surface area contributed by atoms with Gasteiger partial charge in [0.15, 0.2) is 0 Å². The Kier molecular flexibility index (Phi) is 4.57. The zero-order valence-electron chi connectivity index (χ0n) is 13.7. The van der Waals surface area contributed by atoms with E-state index in [-0.39, 0.29) is 4.90 Å². The largest absolute Gasteiger partial charge is 0.496 e. The van der Waals surface area contributed by atoms with Crippen molar-refractivity contribution in [2.24, 2.45) is 5.10 Å². The van der Waals surface area contributed by atoms with Gasteiger partial charge in [-0.3, -0.25) is 0 Å². The number of fused-ring (bicyclic) bond motifs is 1. The molecule has 0 saturated heterocycles. The average molecular weight is 344 g/mol. The number of ether oxygens (including phenoxy) is 1. The second-order valence-corrected chi connectivity index (χ2v) is 7.52. The quantitative estimate of drug-likeness (QED) is 0.867. The minimum atomic E-state index is -3.63. The summed E-state index contributed by atoms with van der Waals surface area (Å²) in [6.45, 7) is 1.91. The molecule has 2 aromatic carbocycles. The first-order chi connectivity index (χ1) is 11.5. The zero-order chi connectivity index (χ0) is 17.2. The molecule has 3 rings (SSSR count). The van der Waals surface area contributed by atoms with E-state index in [0.717, 1.165) is 29.0 Å². The fraction of sp³-hybridized carbons (Fsp3) is 0.278. The SMILES string of the molecule is COc1cccc2c1CC/C(=N/NS(=O)(=O)c1ccc(C)cc1)C2. The first-order valence-corrected chi connectivity index (χ1v) is 9.26. The molecule has 1 N–H and O–H groups in total. The van der Waals surface area contributed by atoms with Gasteiger partial charge in [0.05, 0.1) is 12.0 Å². The van der Waals surface area contributed by atoms with Crippen LogP contribution in [0.1, 0.15) is 23.1 Å². The molecule has 0 bridgehead atoms. The Hall–Kier alpha value is -2.34. The van der Waals surface area contributed by atoms with Crippen molar-refractivity contribution in [2.45, 2.75) is 31.1 Å². The highest BCUT2D eigenvalue weighted by Gasteiger charge is 2.19. The van der Waals surface area contributed by atoms with Gasteiger partial charge in [-0.25, -0.2) is 4.83 Å². The molecule has 6 heteroatoms. The van der Waals surface area contributed by atoms with E-state index in [0.29, 0.717) is 12.8 Å². The third-order valence-electron chi connectivity index (χ3n) is 4.16. The van der Waals surface area contributed by atoms with Crippen molar-refractivity contribution in [3.63, 3.8) is 0 Å². The van der Waals surface area contributed by atoms with Gasteiger partial charge in [-0.1, -0.05) is 29.8 Å². The maximum absolute atomic E-state index is 12.3. The monoisotopic (exact) mass is 344 g/mol. The number of nitrogens with one attached hydrogen (secondary N) is 1. The maximum atomic E-state index is 12.3. The minimum absolute atomic E-state index is 0.218. The van der Waals surface area contributed by atoms with Gasteiger partial charge in [-0.05, 0) is 49.1 Å². The average Bonchev–Trinajstić information content (AvgIpc) is 2.59. The second kappa shape index (κ2) is 6.65. The zero-order valence-corrected chi connectivity index (χ0v) is 14.6. The molecule has 0 heterocycles. The highest BCUT2D eigenvalue weighted by molar-refractivity contribution is 7.89. The predicted octanol–water partition coefficient (Wildman–Crippen LogP) is 2.83. The van der Waals surface area contributed by atoms with Crippen molar-refractivity contribution in [1.29, 1.82) is 0 Å². The van der Waals surface area contributed by atoms with Crippen LogP contribution in [0.25, 0.3) is 0 Å². The normalized spacial score (nSPS) is 15.8. The van der Waals surface area contributed by atoms with Crippen molar-refractivity contribution < 1.29 is 13.2 Å². The number of methoxy groups -OCH3 is 1. The molecule has 0 spiro atoms. The van der Waals surface area contributed by atoms with Crippen molar-refractivity contribution >= 4 is 15.7 Å². The second-order valence-electron chi connectivity index (χ2n) is 5.86. The topological polar surface area (TPSA) is 67.8 Å². The molecule has 126 valence electrons. The molecule has 24 heavy (non-hydrogen) atoms. The van der Waals surface area contributed by atoms with Crippen molar-refractivity contribution in [1.82, 2.24) is 4.83 Å². The summed E-state index contributed by atoms with van der Waals surface area (Å²) < 4.78 is 30.0. The van der Waals surface area contributed by atoms with E-state index in [9.17, 15) is 8.42 Å². The van der Waals surface area contributed by atoms with Crippen LogP contribution in [0.2, 0.25) is 0 Å². The van der Waals surface area contributed by atoms with Crippen LogP contribution in [-0.4, -0.2) is 21.2 Å². The fourth-order valence-corrected chi connectivity index (χ4v) is 3.67. The molecule has 0 saturated carbocycles. The summed E-state index contributed by atoms with van der Waals surface area (Å²) in [7, 11) is -1.97. The Balaban J connectivity index is 1.77. The molecule has 1 aliphatic rings. The van der Waals surface area contributed by atoms with Gasteiger partial charge in [-0.15, -0.1) is 0 Å². The fourth-order valence-electron chi connectivity index (χ4n) is 2.82. The van der Waals surface area contributed by atoms with Gasteiger partial charge in [0.1, 0.15) is 5.75 Å². The summed E-state index contributed by atoms with van der Waals surface area (Å²) in [5.41, 5.74) is 4.15. The van der Waals surface area contributed by atoms with Crippen LogP contribution in [0.3, 0.4) is 0 Å². The molecule has 0 aliphatic heterocycles. The molecule has 0 fully saturated rings. The molecule has 2 aromatic rings. The van der Waals surface area contributed by atoms with Gasteiger partial charge in [-0.2, -0.15) is 13.5 Å². The van der Waals surface area contributed by atoms with E-state index in [1.807, 2.05) is 25.1 Å².